The van der Waals surface area contributed by atoms with Gasteiger partial charge in [0, 0.05) is 5.02 Å². The van der Waals surface area contributed by atoms with Gasteiger partial charge in [-0.1, -0.05) is 46.6 Å². The third kappa shape index (κ3) is 4.90. The molecule has 2 aromatic heterocycles. The zero-order valence-corrected chi connectivity index (χ0v) is 18.2. The average molecular weight is 476 g/mol. The van der Waals surface area contributed by atoms with E-state index >= 15 is 0 Å². The van der Waals surface area contributed by atoms with Crippen LogP contribution in [0, 0.1) is 12.7 Å². The van der Waals surface area contributed by atoms with Gasteiger partial charge < -0.3 is 9.26 Å². The number of amides is 1. The van der Waals surface area contributed by atoms with E-state index in [2.05, 4.69) is 20.6 Å². The maximum absolute atomic E-state index is 13.2. The molecule has 0 aliphatic carbocycles. The van der Waals surface area contributed by atoms with E-state index < -0.39 is 11.7 Å². The largest absolute Gasteiger partial charge is 0.487 e. The van der Waals surface area contributed by atoms with Gasteiger partial charge in [-0.05, 0) is 36.8 Å². The minimum absolute atomic E-state index is 0.0345. The van der Waals surface area contributed by atoms with Crippen molar-refractivity contribution in [1.82, 2.24) is 19.9 Å². The normalized spacial score (nSPS) is 10.9. The monoisotopic (exact) mass is 475 g/mol. The predicted octanol–water partition coefficient (Wildman–Crippen LogP) is 4.90. The highest BCUT2D eigenvalue weighted by molar-refractivity contribution is 6.32. The number of para-hydroxylation sites is 1. The number of benzene rings is 2. The topological polar surface area (TPSA) is 95.1 Å². The summed E-state index contributed by atoms with van der Waals surface area (Å²) in [6.45, 7) is 1.96. The third-order valence-electron chi connectivity index (χ3n) is 4.52. The smallest absolute Gasteiger partial charge is 0.280 e. The van der Waals surface area contributed by atoms with Crippen LogP contribution in [0.4, 0.5) is 10.3 Å². The number of nitrogens with zero attached hydrogens (tertiary/aromatic N) is 4. The van der Waals surface area contributed by atoms with Crippen LogP contribution >= 0.6 is 23.2 Å². The predicted molar refractivity (Wildman–Crippen MR) is 116 cm³/mol. The van der Waals surface area contributed by atoms with Crippen LogP contribution in [0.1, 0.15) is 27.4 Å². The van der Waals surface area contributed by atoms with Crippen molar-refractivity contribution in [3.63, 3.8) is 0 Å². The number of carbonyl (C=O) groups is 1. The molecule has 11 heteroatoms. The second-order valence-corrected chi connectivity index (χ2v) is 7.56. The summed E-state index contributed by atoms with van der Waals surface area (Å²) >= 11 is 12.1. The fourth-order valence-electron chi connectivity index (χ4n) is 2.86. The fourth-order valence-corrected chi connectivity index (χ4v) is 3.28. The number of rotatable bonds is 7. The Morgan fingerprint density at radius 1 is 1.22 bits per heavy atom. The zero-order chi connectivity index (χ0) is 22.7. The number of ether oxygens (including phenoxy) is 1. The Morgan fingerprint density at radius 3 is 2.81 bits per heavy atom. The summed E-state index contributed by atoms with van der Waals surface area (Å²) in [6, 6.07) is 11.1. The Balaban J connectivity index is 1.44. The number of carbonyl (C=O) groups excluding carboxylic acids is 1. The van der Waals surface area contributed by atoms with Crippen LogP contribution in [0.3, 0.4) is 0 Å². The maximum atomic E-state index is 13.2. The fraction of sp³-hybridized carbons (Fsp3) is 0.143. The summed E-state index contributed by atoms with van der Waals surface area (Å²) in [5.41, 5.74) is 1.18. The Bertz CT molecular complexity index is 1270. The SMILES string of the molecule is Cc1onc(C(=O)Nc2ncn(Cc3ccc(F)cc3Cl)n2)c1COc1ccccc1Cl. The van der Waals surface area contributed by atoms with Crippen molar-refractivity contribution in [2.45, 2.75) is 20.1 Å². The first-order chi connectivity index (χ1) is 15.4. The molecule has 0 unspecified atom stereocenters. The summed E-state index contributed by atoms with van der Waals surface area (Å²) in [6.07, 6.45) is 1.42. The molecular weight excluding hydrogens is 460 g/mol. The molecule has 2 aromatic carbocycles. The standard InChI is InChI=1S/C21H16Cl2FN5O3/c1-12-15(10-31-18-5-3-2-4-16(18)22)19(28-32-12)20(30)26-21-25-11-29(27-21)9-13-6-7-14(24)8-17(13)23/h2-8,11H,9-10H2,1H3,(H,26,27,30). The van der Waals surface area contributed by atoms with E-state index in [0.29, 0.717) is 27.7 Å². The first kappa shape index (κ1) is 21.8. The molecule has 0 radical (unpaired) electrons. The van der Waals surface area contributed by atoms with Crippen LogP contribution in [-0.2, 0) is 13.2 Å². The molecule has 164 valence electrons. The van der Waals surface area contributed by atoms with Crippen LogP contribution in [0.5, 0.6) is 5.75 Å². The van der Waals surface area contributed by atoms with Gasteiger partial charge in [0.15, 0.2) is 5.69 Å². The van der Waals surface area contributed by atoms with E-state index in [0.717, 1.165) is 0 Å². The first-order valence-corrected chi connectivity index (χ1v) is 10.1. The van der Waals surface area contributed by atoms with Gasteiger partial charge in [-0.2, -0.15) is 0 Å². The molecule has 2 heterocycles. The third-order valence-corrected chi connectivity index (χ3v) is 5.18. The van der Waals surface area contributed by atoms with Crippen LogP contribution < -0.4 is 10.1 Å². The van der Waals surface area contributed by atoms with Gasteiger partial charge >= 0.3 is 0 Å². The minimum Gasteiger partial charge on any atom is -0.487 e. The maximum Gasteiger partial charge on any atom is 0.280 e. The summed E-state index contributed by atoms with van der Waals surface area (Å²) in [5, 5.41) is 11.3. The number of halogens is 3. The molecule has 0 aliphatic rings. The number of aryl methyl sites for hydroxylation is 1. The lowest BCUT2D eigenvalue weighted by Gasteiger charge is -2.08. The number of anilines is 1. The highest BCUT2D eigenvalue weighted by Crippen LogP contribution is 2.25. The number of aromatic nitrogens is 4. The lowest BCUT2D eigenvalue weighted by molar-refractivity contribution is 0.101. The number of nitrogens with one attached hydrogen (secondary N) is 1. The second kappa shape index (κ2) is 9.37. The van der Waals surface area contributed by atoms with Crippen LogP contribution in [-0.4, -0.2) is 25.8 Å². The van der Waals surface area contributed by atoms with Crippen molar-refractivity contribution in [1.29, 1.82) is 0 Å². The van der Waals surface area contributed by atoms with E-state index in [1.807, 2.05) is 0 Å². The van der Waals surface area contributed by atoms with Gasteiger partial charge in [0.2, 0.25) is 5.95 Å². The minimum atomic E-state index is -0.558. The Labute approximate surface area is 191 Å². The Hall–Kier alpha value is -3.43. The summed E-state index contributed by atoms with van der Waals surface area (Å²) in [7, 11) is 0. The van der Waals surface area contributed by atoms with Crippen molar-refractivity contribution in [3.8, 4) is 5.75 Å². The van der Waals surface area contributed by atoms with Gasteiger partial charge in [0.25, 0.3) is 5.91 Å². The van der Waals surface area contributed by atoms with Gasteiger partial charge in [-0.15, -0.1) is 5.10 Å². The Morgan fingerprint density at radius 2 is 2.03 bits per heavy atom. The molecule has 32 heavy (non-hydrogen) atoms. The molecule has 0 saturated carbocycles. The van der Waals surface area contributed by atoms with Crippen molar-refractivity contribution >= 4 is 35.1 Å². The number of hydrogen-bond acceptors (Lipinski definition) is 6. The van der Waals surface area contributed by atoms with Crippen molar-refractivity contribution in [2.75, 3.05) is 5.32 Å². The molecular formula is C21H16Cl2FN5O3. The summed E-state index contributed by atoms with van der Waals surface area (Å²) in [5.74, 6) is -0.0146. The number of hydrogen-bond donors (Lipinski definition) is 1. The molecule has 4 aromatic rings. The summed E-state index contributed by atoms with van der Waals surface area (Å²) in [4.78, 5) is 16.8. The average Bonchev–Trinajstić information content (AvgIpc) is 3.35. The van der Waals surface area contributed by atoms with Gasteiger partial charge in [0.05, 0.1) is 17.1 Å². The highest BCUT2D eigenvalue weighted by Gasteiger charge is 2.22. The second-order valence-electron chi connectivity index (χ2n) is 6.74. The van der Waals surface area contributed by atoms with Crippen molar-refractivity contribution in [2.24, 2.45) is 0 Å². The van der Waals surface area contributed by atoms with E-state index in [1.54, 1.807) is 37.3 Å². The quantitative estimate of drug-likeness (QED) is 0.408. The van der Waals surface area contributed by atoms with E-state index in [9.17, 15) is 9.18 Å². The molecule has 1 amide bonds. The van der Waals surface area contributed by atoms with Crippen LogP contribution in [0.25, 0.3) is 0 Å². The van der Waals surface area contributed by atoms with Gasteiger partial charge in [-0.3, -0.25) is 10.1 Å². The molecule has 0 saturated heterocycles. The van der Waals surface area contributed by atoms with Crippen LogP contribution in [0.2, 0.25) is 10.0 Å². The molecule has 4 rings (SSSR count). The highest BCUT2D eigenvalue weighted by atomic mass is 35.5. The van der Waals surface area contributed by atoms with Crippen molar-refractivity contribution in [3.05, 3.63) is 87.2 Å². The van der Waals surface area contributed by atoms with E-state index in [4.69, 9.17) is 32.5 Å². The van der Waals surface area contributed by atoms with E-state index in [-0.39, 0.29) is 29.8 Å². The lowest BCUT2D eigenvalue weighted by Crippen LogP contribution is -2.16. The first-order valence-electron chi connectivity index (χ1n) is 9.38. The molecule has 0 aliphatic heterocycles. The zero-order valence-electron chi connectivity index (χ0n) is 16.7. The molecule has 8 nitrogen and oxygen atoms in total. The summed E-state index contributed by atoms with van der Waals surface area (Å²) < 4.78 is 25.5. The van der Waals surface area contributed by atoms with Gasteiger partial charge in [0.1, 0.15) is 30.3 Å². The Kier molecular flexibility index (Phi) is 6.38. The molecule has 0 atom stereocenters. The molecule has 1 N–H and O–H groups in total. The van der Waals surface area contributed by atoms with E-state index in [1.165, 1.54) is 23.1 Å². The molecule has 0 bridgehead atoms. The van der Waals surface area contributed by atoms with Crippen LogP contribution in [0.15, 0.2) is 53.3 Å². The van der Waals surface area contributed by atoms with Crippen molar-refractivity contribution < 1.29 is 18.4 Å². The lowest BCUT2D eigenvalue weighted by atomic mass is 10.2. The molecule has 0 spiro atoms. The van der Waals surface area contributed by atoms with Gasteiger partial charge in [-0.25, -0.2) is 14.1 Å². The molecule has 0 fully saturated rings.